The second-order valence-corrected chi connectivity index (χ2v) is 1.82. The average Bonchev–Trinajstić information content (AvgIpc) is 1.87. The zero-order valence-corrected chi connectivity index (χ0v) is 6.55. The first-order valence-electron chi connectivity index (χ1n) is 3.20. The molecule has 0 aliphatic heterocycles. The molecule has 11 heavy (non-hydrogen) atoms. The van der Waals surface area contributed by atoms with E-state index in [4.69, 9.17) is 5.26 Å². The van der Waals surface area contributed by atoms with Gasteiger partial charge in [-0.2, -0.15) is 5.26 Å². The van der Waals surface area contributed by atoms with Crippen molar-refractivity contribution in [1.82, 2.24) is 5.32 Å². The highest BCUT2D eigenvalue weighted by molar-refractivity contribution is 5.82. The molecule has 4 heteroatoms. The zero-order chi connectivity index (χ0) is 8.69. The van der Waals surface area contributed by atoms with Crippen molar-refractivity contribution in [3.8, 4) is 6.19 Å². The number of carbonyl (C=O) groups excluding carboxylic acids is 1. The average molecular weight is 154 g/mol. The van der Waals surface area contributed by atoms with E-state index in [1.54, 1.807) is 20.0 Å². The fourth-order valence-corrected chi connectivity index (χ4v) is 0.485. The van der Waals surface area contributed by atoms with Crippen LogP contribution < -0.4 is 5.32 Å². The van der Waals surface area contributed by atoms with Gasteiger partial charge in [-0.1, -0.05) is 0 Å². The van der Waals surface area contributed by atoms with E-state index in [1.807, 2.05) is 0 Å². The maximum absolute atomic E-state index is 10.7. The van der Waals surface area contributed by atoms with Gasteiger partial charge >= 0.3 is 5.97 Å². The van der Waals surface area contributed by atoms with Crippen molar-refractivity contribution in [2.75, 3.05) is 6.61 Å². The zero-order valence-electron chi connectivity index (χ0n) is 6.55. The maximum atomic E-state index is 10.7. The van der Waals surface area contributed by atoms with Crippen molar-refractivity contribution in [2.45, 2.75) is 13.8 Å². The lowest BCUT2D eigenvalue weighted by Gasteiger charge is -1.96. The number of allylic oxidation sites excluding steroid dienone is 1. The Balaban J connectivity index is 3.88. The number of rotatable bonds is 3. The van der Waals surface area contributed by atoms with Crippen LogP contribution in [0.5, 0.6) is 0 Å². The molecule has 0 unspecified atom stereocenters. The lowest BCUT2D eigenvalue weighted by Crippen LogP contribution is -2.06. The van der Waals surface area contributed by atoms with Crippen LogP contribution in [0.1, 0.15) is 13.8 Å². The Morgan fingerprint density at radius 3 is 2.91 bits per heavy atom. The van der Waals surface area contributed by atoms with Gasteiger partial charge in [-0.15, -0.1) is 0 Å². The number of nitrogens with zero attached hydrogens (tertiary/aromatic N) is 1. The van der Waals surface area contributed by atoms with E-state index in [-0.39, 0.29) is 0 Å². The molecule has 0 bridgehead atoms. The minimum absolute atomic E-state index is 0.342. The van der Waals surface area contributed by atoms with E-state index >= 15 is 0 Å². The number of hydrogen-bond donors (Lipinski definition) is 1. The van der Waals surface area contributed by atoms with Crippen molar-refractivity contribution in [3.63, 3.8) is 0 Å². The molecule has 0 amide bonds. The number of ether oxygens (including phenoxy) is 1. The summed E-state index contributed by atoms with van der Waals surface area (Å²) in [5.41, 5.74) is 0.478. The predicted molar refractivity (Wildman–Crippen MR) is 39.1 cm³/mol. The van der Waals surface area contributed by atoms with Crippen LogP contribution in [0.15, 0.2) is 11.8 Å². The molecule has 0 heterocycles. The normalized spacial score (nSPS) is 10.1. The van der Waals surface area contributed by atoms with Crippen LogP contribution >= 0.6 is 0 Å². The molecule has 0 aromatic carbocycles. The van der Waals surface area contributed by atoms with Crippen LogP contribution in [-0.4, -0.2) is 12.6 Å². The molecular formula is C7H10N2O2. The minimum Gasteiger partial charge on any atom is -0.463 e. The quantitative estimate of drug-likeness (QED) is 0.278. The predicted octanol–water partition coefficient (Wildman–Crippen LogP) is 0.524. The molecular weight excluding hydrogens is 144 g/mol. The van der Waals surface area contributed by atoms with Crippen molar-refractivity contribution in [2.24, 2.45) is 0 Å². The fraction of sp³-hybridized carbons (Fsp3) is 0.429. The van der Waals surface area contributed by atoms with E-state index in [0.717, 1.165) is 0 Å². The summed E-state index contributed by atoms with van der Waals surface area (Å²) in [6.07, 6.45) is 2.92. The second-order valence-electron chi connectivity index (χ2n) is 1.82. The summed E-state index contributed by atoms with van der Waals surface area (Å²) in [6.45, 7) is 3.67. The third kappa shape index (κ3) is 4.97. The molecule has 0 saturated carbocycles. The number of hydrogen-bond acceptors (Lipinski definition) is 4. The first-order valence-corrected chi connectivity index (χ1v) is 3.20. The van der Waals surface area contributed by atoms with Gasteiger partial charge in [0.05, 0.1) is 6.61 Å². The Morgan fingerprint density at radius 1 is 1.82 bits per heavy atom. The van der Waals surface area contributed by atoms with E-state index < -0.39 is 5.97 Å². The Labute approximate surface area is 65.5 Å². The van der Waals surface area contributed by atoms with E-state index in [9.17, 15) is 4.79 Å². The molecule has 0 radical (unpaired) electrons. The van der Waals surface area contributed by atoms with Gasteiger partial charge < -0.3 is 4.74 Å². The van der Waals surface area contributed by atoms with Gasteiger partial charge in [0.2, 0.25) is 0 Å². The van der Waals surface area contributed by atoms with Gasteiger partial charge in [-0.25, -0.2) is 4.79 Å². The monoisotopic (exact) mass is 154 g/mol. The highest BCUT2D eigenvalue weighted by atomic mass is 16.5. The molecule has 0 fully saturated rings. The van der Waals surface area contributed by atoms with E-state index in [2.05, 4.69) is 10.1 Å². The Bertz CT molecular complexity index is 203. The van der Waals surface area contributed by atoms with Crippen molar-refractivity contribution in [3.05, 3.63) is 11.8 Å². The standard InChI is InChI=1S/C7H10N2O2/c1-3-11-7(10)4-6(2)9-5-8/h4,9H,3H2,1-2H3. The molecule has 0 rings (SSSR count). The summed E-state index contributed by atoms with van der Waals surface area (Å²) in [7, 11) is 0. The van der Waals surface area contributed by atoms with Crippen molar-refractivity contribution in [1.29, 1.82) is 5.26 Å². The molecule has 4 nitrogen and oxygen atoms in total. The van der Waals surface area contributed by atoms with Crippen LogP contribution in [0.4, 0.5) is 0 Å². The lowest BCUT2D eigenvalue weighted by atomic mass is 10.4. The molecule has 0 aromatic heterocycles. The summed E-state index contributed by atoms with van der Waals surface area (Å²) in [5.74, 6) is -0.437. The van der Waals surface area contributed by atoms with Gasteiger partial charge in [0.1, 0.15) is 0 Å². The van der Waals surface area contributed by atoms with Gasteiger partial charge in [0, 0.05) is 11.8 Å². The molecule has 0 aliphatic rings. The minimum atomic E-state index is -0.437. The number of nitriles is 1. The van der Waals surface area contributed by atoms with Gasteiger partial charge in [0.25, 0.3) is 0 Å². The van der Waals surface area contributed by atoms with Crippen LogP contribution in [0.3, 0.4) is 0 Å². The second kappa shape index (κ2) is 5.30. The topological polar surface area (TPSA) is 62.1 Å². The van der Waals surface area contributed by atoms with Crippen molar-refractivity contribution >= 4 is 5.97 Å². The summed E-state index contributed by atoms with van der Waals surface area (Å²) in [6, 6.07) is 0. The third-order valence-corrected chi connectivity index (χ3v) is 0.874. The Morgan fingerprint density at radius 2 is 2.45 bits per heavy atom. The Kier molecular flexibility index (Phi) is 4.58. The molecule has 1 N–H and O–H groups in total. The molecule has 0 spiro atoms. The van der Waals surface area contributed by atoms with Crippen LogP contribution in [0.2, 0.25) is 0 Å². The molecule has 0 saturated heterocycles. The summed E-state index contributed by atoms with van der Waals surface area (Å²) in [5, 5.41) is 10.4. The van der Waals surface area contributed by atoms with Gasteiger partial charge in [-0.05, 0) is 13.8 Å². The highest BCUT2D eigenvalue weighted by Gasteiger charge is 1.95. The molecule has 60 valence electrons. The largest absolute Gasteiger partial charge is 0.463 e. The number of carbonyl (C=O) groups is 1. The van der Waals surface area contributed by atoms with E-state index in [0.29, 0.717) is 12.3 Å². The van der Waals surface area contributed by atoms with Gasteiger partial charge in [-0.3, -0.25) is 5.32 Å². The fourth-order valence-electron chi connectivity index (χ4n) is 0.485. The maximum Gasteiger partial charge on any atom is 0.332 e. The lowest BCUT2D eigenvalue weighted by molar-refractivity contribution is -0.137. The van der Waals surface area contributed by atoms with Crippen LogP contribution in [0, 0.1) is 11.5 Å². The summed E-state index contributed by atoms with van der Waals surface area (Å²) >= 11 is 0. The number of nitrogens with one attached hydrogen (secondary N) is 1. The summed E-state index contributed by atoms with van der Waals surface area (Å²) < 4.78 is 4.59. The van der Waals surface area contributed by atoms with E-state index in [1.165, 1.54) is 6.08 Å². The first kappa shape index (κ1) is 9.50. The molecule has 0 aromatic rings. The number of esters is 1. The third-order valence-electron chi connectivity index (χ3n) is 0.874. The smallest absolute Gasteiger partial charge is 0.332 e. The Hall–Kier alpha value is -1.50. The van der Waals surface area contributed by atoms with Crippen molar-refractivity contribution < 1.29 is 9.53 Å². The highest BCUT2D eigenvalue weighted by Crippen LogP contribution is 1.87. The van der Waals surface area contributed by atoms with Crippen LogP contribution in [0.25, 0.3) is 0 Å². The van der Waals surface area contributed by atoms with Gasteiger partial charge in [0.15, 0.2) is 6.19 Å². The molecule has 0 aliphatic carbocycles. The SMILES string of the molecule is CCOC(=O)C=C(C)NC#N. The summed E-state index contributed by atoms with van der Waals surface area (Å²) in [4.78, 5) is 10.7. The molecule has 0 atom stereocenters. The first-order chi connectivity index (χ1) is 5.20. The van der Waals surface area contributed by atoms with Crippen LogP contribution in [-0.2, 0) is 9.53 Å².